The number of carbonyl (C=O) groups is 4. The minimum absolute atomic E-state index is 0.0822. The second-order valence-electron chi connectivity index (χ2n) is 14.8. The number of thioether (sulfide) groups is 1. The van der Waals surface area contributed by atoms with Gasteiger partial charge < -0.3 is 29.1 Å². The lowest BCUT2D eigenvalue weighted by Crippen LogP contribution is -2.60. The standard InChI is InChI=1S/C38H54ClN3O8S/c1-21(2)51-15-14-31(43)41(9)26(7)35(45)49-30-19-32(44)42(10)28-18-27(17-23(4)33(28)39)16-22(3)12-11-13-24(5)38(47)20-29(48-36(46)40-38)25(6)34-37(30,8)50-34/h11-13,17-18,21,24-26,29-30,34,47H,14-16,19-20H2,1-10H3,(H,40,46)/b13-11+,22-12+/t24-,25-,26+,29+,30+,34+,37+,38+/m1/s1. The quantitative estimate of drug-likeness (QED) is 0.255. The highest BCUT2D eigenvalue weighted by atomic mass is 35.5. The third-order valence-electron chi connectivity index (χ3n) is 10.4. The molecule has 3 aliphatic rings. The van der Waals surface area contributed by atoms with Crippen molar-refractivity contribution in [2.75, 3.05) is 24.7 Å². The Labute approximate surface area is 311 Å². The molecule has 3 amide bonds. The molecule has 3 heterocycles. The maximum absolute atomic E-state index is 14.1. The van der Waals surface area contributed by atoms with E-state index in [1.807, 2.05) is 58.1 Å². The molecule has 0 unspecified atom stereocenters. The fourth-order valence-corrected chi connectivity index (χ4v) is 7.72. The molecule has 11 nitrogen and oxygen atoms in total. The van der Waals surface area contributed by atoms with Gasteiger partial charge in [0, 0.05) is 44.5 Å². The van der Waals surface area contributed by atoms with E-state index < -0.39 is 59.6 Å². The number of aryl methyl sites for hydroxylation is 1. The molecule has 282 valence electrons. The van der Waals surface area contributed by atoms with Crippen molar-refractivity contribution in [2.24, 2.45) is 11.8 Å². The number of hydrogen-bond acceptors (Lipinski definition) is 9. The Kier molecular flexibility index (Phi) is 13.0. The Morgan fingerprint density at radius 2 is 1.90 bits per heavy atom. The van der Waals surface area contributed by atoms with E-state index >= 15 is 0 Å². The molecule has 0 aliphatic carbocycles. The zero-order valence-corrected chi connectivity index (χ0v) is 33.0. The molecule has 4 bridgehead atoms. The van der Waals surface area contributed by atoms with Gasteiger partial charge in [-0.1, -0.05) is 69.2 Å². The van der Waals surface area contributed by atoms with Crippen LogP contribution in [0.3, 0.4) is 0 Å². The Bertz CT molecular complexity index is 1570. The van der Waals surface area contributed by atoms with Gasteiger partial charge in [0.25, 0.3) is 0 Å². The summed E-state index contributed by atoms with van der Waals surface area (Å²) in [6, 6.07) is 2.93. The monoisotopic (exact) mass is 747 g/mol. The van der Waals surface area contributed by atoms with E-state index in [9.17, 15) is 24.3 Å². The van der Waals surface area contributed by atoms with Gasteiger partial charge in [0.2, 0.25) is 11.8 Å². The number of aliphatic hydroxyl groups is 1. The second kappa shape index (κ2) is 16.3. The van der Waals surface area contributed by atoms with Crippen LogP contribution < -0.4 is 10.2 Å². The number of nitrogens with zero attached hydrogens (tertiary/aromatic N) is 2. The number of halogens is 1. The Morgan fingerprint density at radius 1 is 1.22 bits per heavy atom. The number of carbonyl (C=O) groups excluding carboxylic acids is 4. The number of rotatable bonds is 7. The summed E-state index contributed by atoms with van der Waals surface area (Å²) in [4.78, 5) is 56.3. The smallest absolute Gasteiger partial charge is 0.409 e. The van der Waals surface area contributed by atoms with Gasteiger partial charge in [-0.3, -0.25) is 14.9 Å². The number of allylic oxidation sites excluding steroid dienone is 3. The lowest BCUT2D eigenvalue weighted by molar-refractivity contribution is -0.161. The number of fused-ring (bicyclic) bond motifs is 5. The minimum atomic E-state index is -1.59. The van der Waals surface area contributed by atoms with Gasteiger partial charge in [-0.15, -0.1) is 0 Å². The van der Waals surface area contributed by atoms with Crippen LogP contribution >= 0.6 is 23.4 Å². The largest absolute Gasteiger partial charge is 0.457 e. The van der Waals surface area contributed by atoms with E-state index in [0.717, 1.165) is 16.7 Å². The SMILES string of the molecule is C/C1=C\C=C\[C@@H](C)[C@@]2(O)C[C@H](OC(=O)N2)[C@@H](C)[C@@H]2O[C@@]2(C)[C@@H](OC(=O)[C@H](C)N(C)C(=O)CCSC(C)C)CC(=O)N(C)c2cc(cc(C)c2Cl)C1. The van der Waals surface area contributed by atoms with Crippen molar-refractivity contribution in [3.05, 3.63) is 52.1 Å². The van der Waals surface area contributed by atoms with Crippen molar-refractivity contribution in [1.82, 2.24) is 10.2 Å². The number of epoxide rings is 1. The van der Waals surface area contributed by atoms with Crippen molar-refractivity contribution in [2.45, 2.75) is 122 Å². The molecule has 0 spiro atoms. The summed E-state index contributed by atoms with van der Waals surface area (Å²) in [5.41, 5.74) is 0.568. The molecule has 2 saturated heterocycles. The second-order valence-corrected chi connectivity index (χ2v) is 16.9. The average Bonchev–Trinajstić information content (AvgIpc) is 3.75. The van der Waals surface area contributed by atoms with Crippen LogP contribution in [0.2, 0.25) is 5.02 Å². The molecule has 2 N–H and O–H groups in total. The van der Waals surface area contributed by atoms with Crippen molar-refractivity contribution in [3.63, 3.8) is 0 Å². The van der Waals surface area contributed by atoms with Crippen molar-refractivity contribution < 1.29 is 38.5 Å². The third kappa shape index (κ3) is 9.49. The normalized spacial score (nSPS) is 32.1. The predicted molar refractivity (Wildman–Crippen MR) is 200 cm³/mol. The lowest BCUT2D eigenvalue weighted by atomic mass is 9.82. The Morgan fingerprint density at radius 3 is 2.57 bits per heavy atom. The number of benzene rings is 1. The summed E-state index contributed by atoms with van der Waals surface area (Å²) in [6.45, 7) is 15.0. The van der Waals surface area contributed by atoms with Gasteiger partial charge >= 0.3 is 12.1 Å². The van der Waals surface area contributed by atoms with E-state index in [-0.39, 0.29) is 31.1 Å². The molecule has 0 aromatic heterocycles. The highest BCUT2D eigenvalue weighted by Gasteiger charge is 2.64. The van der Waals surface area contributed by atoms with Crippen LogP contribution in [0.15, 0.2) is 35.9 Å². The minimum Gasteiger partial charge on any atom is -0.457 e. The summed E-state index contributed by atoms with van der Waals surface area (Å²) < 4.78 is 18.1. The van der Waals surface area contributed by atoms with Crippen molar-refractivity contribution >= 4 is 52.9 Å². The van der Waals surface area contributed by atoms with Crippen LogP contribution in [-0.4, -0.2) is 94.7 Å². The topological polar surface area (TPSA) is 138 Å². The fraction of sp³-hybridized carbons (Fsp3) is 0.632. The summed E-state index contributed by atoms with van der Waals surface area (Å²) in [6.07, 6.45) is 3.20. The van der Waals surface area contributed by atoms with E-state index in [1.54, 1.807) is 39.7 Å². The number of ether oxygens (including phenoxy) is 3. The molecule has 2 fully saturated rings. The van der Waals surface area contributed by atoms with Crippen LogP contribution in [-0.2, 0) is 35.0 Å². The molecule has 1 aromatic rings. The predicted octanol–water partition coefficient (Wildman–Crippen LogP) is 5.97. The maximum atomic E-state index is 14.1. The van der Waals surface area contributed by atoms with Gasteiger partial charge in [0.1, 0.15) is 29.6 Å². The first-order chi connectivity index (χ1) is 23.8. The van der Waals surface area contributed by atoms with Crippen LogP contribution in [0.4, 0.5) is 10.5 Å². The van der Waals surface area contributed by atoms with E-state index in [0.29, 0.717) is 28.1 Å². The number of likely N-dealkylation sites (N-methyl/N-ethyl adjacent to an activating group) is 1. The molecule has 0 saturated carbocycles. The maximum Gasteiger partial charge on any atom is 0.409 e. The number of anilines is 1. The molecular formula is C38H54ClN3O8S. The highest BCUT2D eigenvalue weighted by Crippen LogP contribution is 2.49. The van der Waals surface area contributed by atoms with E-state index in [4.69, 9.17) is 25.8 Å². The number of esters is 1. The molecule has 8 atom stereocenters. The van der Waals surface area contributed by atoms with Crippen molar-refractivity contribution in [3.8, 4) is 0 Å². The van der Waals surface area contributed by atoms with Gasteiger partial charge in [0.15, 0.2) is 0 Å². The molecule has 0 radical (unpaired) electrons. The summed E-state index contributed by atoms with van der Waals surface area (Å²) in [7, 11) is 3.20. The highest BCUT2D eigenvalue weighted by molar-refractivity contribution is 7.99. The van der Waals surface area contributed by atoms with Crippen LogP contribution in [0.25, 0.3) is 0 Å². The van der Waals surface area contributed by atoms with Gasteiger partial charge in [-0.05, 0) is 56.6 Å². The molecular weight excluding hydrogens is 694 g/mol. The lowest BCUT2D eigenvalue weighted by Gasteiger charge is -2.41. The molecule has 1 aromatic carbocycles. The molecule has 13 heteroatoms. The Hall–Kier alpha value is -3.06. The first-order valence-corrected chi connectivity index (χ1v) is 19.1. The van der Waals surface area contributed by atoms with Crippen LogP contribution in [0, 0.1) is 18.8 Å². The average molecular weight is 748 g/mol. The fourth-order valence-electron chi connectivity index (χ4n) is 6.72. The molecule has 4 rings (SSSR count). The number of nitrogens with one attached hydrogen (secondary N) is 1. The van der Waals surface area contributed by atoms with E-state index in [1.165, 1.54) is 9.80 Å². The third-order valence-corrected chi connectivity index (χ3v) is 12.0. The number of hydrogen-bond donors (Lipinski definition) is 2. The number of amides is 3. The van der Waals surface area contributed by atoms with Gasteiger partial charge in [-0.2, -0.15) is 11.8 Å². The Balaban J connectivity index is 1.70. The first kappa shape index (κ1) is 40.7. The first-order valence-electron chi connectivity index (χ1n) is 17.6. The van der Waals surface area contributed by atoms with Gasteiger partial charge in [0.05, 0.1) is 23.2 Å². The molecule has 51 heavy (non-hydrogen) atoms. The van der Waals surface area contributed by atoms with Gasteiger partial charge in [-0.25, -0.2) is 9.59 Å². The number of alkyl carbamates (subject to hydrolysis) is 1. The van der Waals surface area contributed by atoms with Crippen LogP contribution in [0.1, 0.15) is 78.9 Å². The summed E-state index contributed by atoms with van der Waals surface area (Å²) in [5, 5.41) is 15.1. The summed E-state index contributed by atoms with van der Waals surface area (Å²) in [5.74, 6) is -1.51. The van der Waals surface area contributed by atoms with E-state index in [2.05, 4.69) is 19.2 Å². The van der Waals surface area contributed by atoms with Crippen molar-refractivity contribution in [1.29, 1.82) is 0 Å². The zero-order chi connectivity index (χ0) is 38.0. The molecule has 3 aliphatic heterocycles. The zero-order valence-electron chi connectivity index (χ0n) is 31.4. The summed E-state index contributed by atoms with van der Waals surface area (Å²) >= 11 is 8.43. The van der Waals surface area contributed by atoms with Crippen LogP contribution in [0.5, 0.6) is 0 Å².